The normalized spacial score (nSPS) is 15.4. The number of rotatable bonds is 4. The third kappa shape index (κ3) is 2.11. The van der Waals surface area contributed by atoms with E-state index in [1.165, 1.54) is 0 Å². The highest BCUT2D eigenvalue weighted by molar-refractivity contribution is 6.00. The van der Waals surface area contributed by atoms with Gasteiger partial charge in [-0.05, 0) is 25.0 Å². The number of nitrogens with zero attached hydrogens (tertiary/aromatic N) is 2. The Kier molecular flexibility index (Phi) is 3.10. The van der Waals surface area contributed by atoms with E-state index in [2.05, 4.69) is 15.3 Å². The molecule has 0 spiro atoms. The average molecular weight is 269 g/mol. The molecular formula is C15H15N3O2. The molecule has 5 heteroatoms. The van der Waals surface area contributed by atoms with Gasteiger partial charge in [0.05, 0.1) is 12.5 Å². The molecule has 5 nitrogen and oxygen atoms in total. The van der Waals surface area contributed by atoms with E-state index < -0.39 is 5.41 Å². The number of para-hydroxylation sites is 1. The predicted molar refractivity (Wildman–Crippen MR) is 74.6 cm³/mol. The molecule has 0 aliphatic heterocycles. The van der Waals surface area contributed by atoms with Crippen molar-refractivity contribution in [2.45, 2.75) is 18.3 Å². The highest BCUT2D eigenvalue weighted by Crippen LogP contribution is 2.51. The number of anilines is 1. The lowest BCUT2D eigenvalue weighted by molar-refractivity contribution is -0.118. The van der Waals surface area contributed by atoms with Crippen LogP contribution < -0.4 is 10.1 Å². The van der Waals surface area contributed by atoms with Crippen LogP contribution in [0.25, 0.3) is 0 Å². The number of methoxy groups -OCH3 is 1. The van der Waals surface area contributed by atoms with Crippen LogP contribution in [0.2, 0.25) is 0 Å². The van der Waals surface area contributed by atoms with Gasteiger partial charge in [0.2, 0.25) is 11.9 Å². The van der Waals surface area contributed by atoms with Gasteiger partial charge in [0.15, 0.2) is 0 Å². The van der Waals surface area contributed by atoms with Crippen LogP contribution in [0.5, 0.6) is 5.75 Å². The fourth-order valence-corrected chi connectivity index (χ4v) is 2.37. The van der Waals surface area contributed by atoms with E-state index in [0.717, 1.165) is 24.2 Å². The summed E-state index contributed by atoms with van der Waals surface area (Å²) in [5.41, 5.74) is 0.419. The van der Waals surface area contributed by atoms with Crippen molar-refractivity contribution in [2.24, 2.45) is 0 Å². The number of ether oxygens (including phenoxy) is 1. The Balaban J connectivity index is 1.87. The third-order valence-electron chi connectivity index (χ3n) is 3.60. The molecule has 1 N–H and O–H groups in total. The van der Waals surface area contributed by atoms with Crippen LogP contribution in [0.1, 0.15) is 18.4 Å². The van der Waals surface area contributed by atoms with Gasteiger partial charge in [-0.3, -0.25) is 10.1 Å². The van der Waals surface area contributed by atoms with E-state index in [-0.39, 0.29) is 5.91 Å². The Morgan fingerprint density at radius 1 is 1.20 bits per heavy atom. The Morgan fingerprint density at radius 2 is 1.90 bits per heavy atom. The van der Waals surface area contributed by atoms with Crippen LogP contribution in [0.15, 0.2) is 42.7 Å². The quantitative estimate of drug-likeness (QED) is 0.923. The van der Waals surface area contributed by atoms with Gasteiger partial charge in [0.1, 0.15) is 5.75 Å². The number of hydrogen-bond acceptors (Lipinski definition) is 4. The monoisotopic (exact) mass is 269 g/mol. The number of aromatic nitrogens is 2. The maximum Gasteiger partial charge on any atom is 0.237 e. The standard InChI is InChI=1S/C15H15N3O2/c1-20-12-6-3-2-5-11(12)15(7-8-15)13(19)18-14-16-9-4-10-17-14/h2-6,9-10H,7-8H2,1H3,(H,16,17,18,19). The summed E-state index contributed by atoms with van der Waals surface area (Å²) in [6, 6.07) is 9.35. The number of hydrogen-bond donors (Lipinski definition) is 1. The van der Waals surface area contributed by atoms with Crippen molar-refractivity contribution in [1.82, 2.24) is 9.97 Å². The molecule has 1 fully saturated rings. The number of benzene rings is 1. The number of amides is 1. The van der Waals surface area contributed by atoms with Crippen LogP contribution >= 0.6 is 0 Å². The highest BCUT2D eigenvalue weighted by atomic mass is 16.5. The summed E-state index contributed by atoms with van der Waals surface area (Å²) in [7, 11) is 1.62. The lowest BCUT2D eigenvalue weighted by Crippen LogP contribution is -2.29. The molecule has 1 amide bonds. The Bertz CT molecular complexity index is 624. The van der Waals surface area contributed by atoms with E-state index in [1.54, 1.807) is 25.6 Å². The number of carbonyl (C=O) groups is 1. The second-order valence-corrected chi connectivity index (χ2v) is 4.81. The highest BCUT2D eigenvalue weighted by Gasteiger charge is 2.53. The number of carbonyl (C=O) groups excluding carboxylic acids is 1. The van der Waals surface area contributed by atoms with E-state index in [0.29, 0.717) is 5.95 Å². The molecule has 1 aromatic heterocycles. The molecule has 1 aromatic carbocycles. The van der Waals surface area contributed by atoms with Crippen molar-refractivity contribution in [1.29, 1.82) is 0 Å². The molecule has 2 aromatic rings. The zero-order chi connectivity index (χ0) is 14.0. The van der Waals surface area contributed by atoms with Crippen molar-refractivity contribution < 1.29 is 9.53 Å². The molecule has 20 heavy (non-hydrogen) atoms. The zero-order valence-corrected chi connectivity index (χ0v) is 11.2. The second-order valence-electron chi connectivity index (χ2n) is 4.81. The van der Waals surface area contributed by atoms with Crippen LogP contribution in [0.4, 0.5) is 5.95 Å². The smallest absolute Gasteiger partial charge is 0.237 e. The van der Waals surface area contributed by atoms with Gasteiger partial charge in [-0.25, -0.2) is 9.97 Å². The van der Waals surface area contributed by atoms with Crippen LogP contribution in [0.3, 0.4) is 0 Å². The van der Waals surface area contributed by atoms with Crippen LogP contribution in [0, 0.1) is 0 Å². The summed E-state index contributed by atoms with van der Waals surface area (Å²) in [6.07, 6.45) is 4.83. The Hall–Kier alpha value is -2.43. The van der Waals surface area contributed by atoms with E-state index >= 15 is 0 Å². The largest absolute Gasteiger partial charge is 0.496 e. The minimum atomic E-state index is -0.508. The second kappa shape index (κ2) is 4.92. The average Bonchev–Trinajstić information content (AvgIpc) is 3.30. The first-order chi connectivity index (χ1) is 9.76. The fourth-order valence-electron chi connectivity index (χ4n) is 2.37. The third-order valence-corrected chi connectivity index (χ3v) is 3.60. The summed E-state index contributed by atoms with van der Waals surface area (Å²) in [5, 5.41) is 2.78. The van der Waals surface area contributed by atoms with Crippen LogP contribution in [-0.2, 0) is 10.2 Å². The minimum absolute atomic E-state index is 0.0757. The lowest BCUT2D eigenvalue weighted by Gasteiger charge is -2.17. The molecule has 1 aliphatic carbocycles. The molecule has 0 unspecified atom stereocenters. The van der Waals surface area contributed by atoms with Gasteiger partial charge in [-0.2, -0.15) is 0 Å². The number of nitrogens with one attached hydrogen (secondary N) is 1. The topological polar surface area (TPSA) is 64.1 Å². The van der Waals surface area contributed by atoms with E-state index in [4.69, 9.17) is 4.74 Å². The summed E-state index contributed by atoms with van der Waals surface area (Å²) in [4.78, 5) is 20.6. The molecule has 0 atom stereocenters. The van der Waals surface area contributed by atoms with E-state index in [9.17, 15) is 4.79 Å². The van der Waals surface area contributed by atoms with Gasteiger partial charge in [0.25, 0.3) is 0 Å². The van der Waals surface area contributed by atoms with Crippen molar-refractivity contribution in [2.75, 3.05) is 12.4 Å². The van der Waals surface area contributed by atoms with E-state index in [1.807, 2.05) is 24.3 Å². The minimum Gasteiger partial charge on any atom is -0.496 e. The summed E-state index contributed by atoms with van der Waals surface area (Å²) < 4.78 is 5.36. The first-order valence-electron chi connectivity index (χ1n) is 6.48. The molecule has 0 radical (unpaired) electrons. The van der Waals surface area contributed by atoms with Crippen molar-refractivity contribution >= 4 is 11.9 Å². The first-order valence-corrected chi connectivity index (χ1v) is 6.48. The molecule has 1 aliphatic rings. The Morgan fingerprint density at radius 3 is 2.55 bits per heavy atom. The first kappa shape index (κ1) is 12.6. The lowest BCUT2D eigenvalue weighted by atomic mass is 9.94. The summed E-state index contributed by atoms with van der Waals surface area (Å²) in [6.45, 7) is 0. The maximum absolute atomic E-state index is 12.5. The molecular weight excluding hydrogens is 254 g/mol. The van der Waals surface area contributed by atoms with Crippen LogP contribution in [-0.4, -0.2) is 23.0 Å². The fraction of sp³-hybridized carbons (Fsp3) is 0.267. The molecule has 1 saturated carbocycles. The molecule has 0 bridgehead atoms. The molecule has 102 valence electrons. The van der Waals surface area contributed by atoms with Gasteiger partial charge in [-0.15, -0.1) is 0 Å². The van der Waals surface area contributed by atoms with Gasteiger partial charge in [0, 0.05) is 18.0 Å². The molecule has 1 heterocycles. The van der Waals surface area contributed by atoms with Gasteiger partial charge in [-0.1, -0.05) is 18.2 Å². The maximum atomic E-state index is 12.5. The van der Waals surface area contributed by atoms with Crippen molar-refractivity contribution in [3.05, 3.63) is 48.3 Å². The predicted octanol–water partition coefficient (Wildman–Crippen LogP) is 2.16. The molecule has 0 saturated heterocycles. The van der Waals surface area contributed by atoms with Gasteiger partial charge < -0.3 is 4.74 Å². The SMILES string of the molecule is COc1ccccc1C1(C(=O)Nc2ncccn2)CC1. The summed E-state index contributed by atoms with van der Waals surface area (Å²) >= 11 is 0. The van der Waals surface area contributed by atoms with Crippen molar-refractivity contribution in [3.8, 4) is 5.75 Å². The van der Waals surface area contributed by atoms with Gasteiger partial charge >= 0.3 is 0 Å². The Labute approximate surface area is 117 Å². The molecule has 3 rings (SSSR count). The van der Waals surface area contributed by atoms with Crippen molar-refractivity contribution in [3.63, 3.8) is 0 Å². The summed E-state index contributed by atoms with van der Waals surface area (Å²) in [5.74, 6) is 1.00. The zero-order valence-electron chi connectivity index (χ0n) is 11.2.